The number of hydrogen-bond acceptors (Lipinski definition) is 3. The summed E-state index contributed by atoms with van der Waals surface area (Å²) in [5.41, 5.74) is 7.44. The standard InChI is InChI=1S/C14H16F2N4O/c1-8-9(7-19-20-8)3-2-4-18-14(21)10-5-11(15)12(16)6-13(10)17/h5-7H,2-4,17H2,1H3,(H,18,21)(H,19,20). The fourth-order valence-electron chi connectivity index (χ4n) is 1.96. The predicted molar refractivity (Wildman–Crippen MR) is 74.7 cm³/mol. The zero-order valence-electron chi connectivity index (χ0n) is 11.5. The molecule has 21 heavy (non-hydrogen) atoms. The van der Waals surface area contributed by atoms with Crippen molar-refractivity contribution in [1.29, 1.82) is 0 Å². The molecule has 112 valence electrons. The number of halogens is 2. The number of carbonyl (C=O) groups is 1. The van der Waals surface area contributed by atoms with Gasteiger partial charge in [-0.05, 0) is 31.4 Å². The summed E-state index contributed by atoms with van der Waals surface area (Å²) in [6, 6.07) is 1.61. The Balaban J connectivity index is 1.88. The molecule has 0 aliphatic rings. The average Bonchev–Trinajstić information content (AvgIpc) is 2.84. The highest BCUT2D eigenvalue weighted by Gasteiger charge is 2.13. The molecule has 0 aliphatic carbocycles. The van der Waals surface area contributed by atoms with Crippen LogP contribution < -0.4 is 11.1 Å². The molecule has 0 spiro atoms. The Labute approximate surface area is 120 Å². The lowest BCUT2D eigenvalue weighted by Crippen LogP contribution is -2.26. The Morgan fingerprint density at radius 2 is 2.10 bits per heavy atom. The van der Waals surface area contributed by atoms with Gasteiger partial charge in [0.2, 0.25) is 0 Å². The molecule has 0 aliphatic heterocycles. The number of H-pyrrole nitrogens is 1. The van der Waals surface area contributed by atoms with Crippen LogP contribution in [0.25, 0.3) is 0 Å². The third-order valence-electron chi connectivity index (χ3n) is 3.18. The quantitative estimate of drug-likeness (QED) is 0.582. The summed E-state index contributed by atoms with van der Waals surface area (Å²) in [7, 11) is 0. The van der Waals surface area contributed by atoms with Crippen LogP contribution in [0.2, 0.25) is 0 Å². The van der Waals surface area contributed by atoms with Crippen molar-refractivity contribution in [2.45, 2.75) is 19.8 Å². The van der Waals surface area contributed by atoms with E-state index >= 15 is 0 Å². The summed E-state index contributed by atoms with van der Waals surface area (Å²) >= 11 is 0. The van der Waals surface area contributed by atoms with Crippen LogP contribution in [0.3, 0.4) is 0 Å². The van der Waals surface area contributed by atoms with Gasteiger partial charge in [0, 0.05) is 24.0 Å². The first kappa shape index (κ1) is 15.0. The molecule has 1 aromatic heterocycles. The number of hydrogen-bond donors (Lipinski definition) is 3. The third-order valence-corrected chi connectivity index (χ3v) is 3.18. The van der Waals surface area contributed by atoms with Crippen molar-refractivity contribution in [2.75, 3.05) is 12.3 Å². The fraction of sp³-hybridized carbons (Fsp3) is 0.286. The maximum atomic E-state index is 13.1. The van der Waals surface area contributed by atoms with Crippen molar-refractivity contribution < 1.29 is 13.6 Å². The first-order valence-electron chi connectivity index (χ1n) is 6.50. The van der Waals surface area contributed by atoms with Crippen LogP contribution >= 0.6 is 0 Å². The minimum absolute atomic E-state index is 0.0617. The molecule has 2 aromatic rings. The lowest BCUT2D eigenvalue weighted by Gasteiger charge is -2.08. The lowest BCUT2D eigenvalue weighted by molar-refractivity contribution is 0.0953. The normalized spacial score (nSPS) is 10.6. The number of nitrogens with two attached hydrogens (primary N) is 1. The van der Waals surface area contributed by atoms with E-state index in [0.717, 1.165) is 29.8 Å². The average molecular weight is 294 g/mol. The first-order chi connectivity index (χ1) is 9.99. The monoisotopic (exact) mass is 294 g/mol. The van der Waals surface area contributed by atoms with E-state index in [1.54, 1.807) is 6.20 Å². The minimum atomic E-state index is -1.09. The van der Waals surface area contributed by atoms with Crippen molar-refractivity contribution in [3.8, 4) is 0 Å². The van der Waals surface area contributed by atoms with Crippen LogP contribution in [0.15, 0.2) is 18.3 Å². The highest BCUT2D eigenvalue weighted by molar-refractivity contribution is 5.99. The molecule has 1 amide bonds. The number of anilines is 1. The molecular formula is C14H16F2N4O. The molecule has 1 heterocycles. The van der Waals surface area contributed by atoms with Gasteiger partial charge in [0.05, 0.1) is 11.8 Å². The smallest absolute Gasteiger partial charge is 0.253 e. The SMILES string of the molecule is Cc1[nH]ncc1CCCNC(=O)c1cc(F)c(F)cc1N. The lowest BCUT2D eigenvalue weighted by atomic mass is 10.1. The van der Waals surface area contributed by atoms with Crippen molar-refractivity contribution >= 4 is 11.6 Å². The molecule has 4 N–H and O–H groups in total. The second-order valence-corrected chi connectivity index (χ2v) is 4.73. The third kappa shape index (κ3) is 3.56. The van der Waals surface area contributed by atoms with Crippen LogP contribution in [0.5, 0.6) is 0 Å². The van der Waals surface area contributed by atoms with Crippen LogP contribution in [0.4, 0.5) is 14.5 Å². The topological polar surface area (TPSA) is 83.8 Å². The maximum Gasteiger partial charge on any atom is 0.253 e. The minimum Gasteiger partial charge on any atom is -0.398 e. The molecule has 0 saturated heterocycles. The summed E-state index contributed by atoms with van der Waals surface area (Å²) < 4.78 is 26.0. The number of nitrogens with zero attached hydrogens (tertiary/aromatic N) is 1. The van der Waals surface area contributed by atoms with Gasteiger partial charge in [0.15, 0.2) is 11.6 Å². The van der Waals surface area contributed by atoms with E-state index in [4.69, 9.17) is 5.73 Å². The largest absolute Gasteiger partial charge is 0.398 e. The van der Waals surface area contributed by atoms with E-state index in [0.29, 0.717) is 13.0 Å². The van der Waals surface area contributed by atoms with E-state index in [9.17, 15) is 13.6 Å². The van der Waals surface area contributed by atoms with Gasteiger partial charge in [-0.15, -0.1) is 0 Å². The van der Waals surface area contributed by atoms with Crippen molar-refractivity contribution in [3.63, 3.8) is 0 Å². The Morgan fingerprint density at radius 1 is 1.38 bits per heavy atom. The van der Waals surface area contributed by atoms with E-state index in [2.05, 4.69) is 15.5 Å². The van der Waals surface area contributed by atoms with Gasteiger partial charge in [0.25, 0.3) is 5.91 Å². The fourth-order valence-corrected chi connectivity index (χ4v) is 1.96. The van der Waals surface area contributed by atoms with Gasteiger partial charge in [-0.2, -0.15) is 5.10 Å². The van der Waals surface area contributed by atoms with E-state index < -0.39 is 17.5 Å². The van der Waals surface area contributed by atoms with E-state index in [1.165, 1.54) is 0 Å². The van der Waals surface area contributed by atoms with Gasteiger partial charge in [-0.3, -0.25) is 9.89 Å². The maximum absolute atomic E-state index is 13.1. The second-order valence-electron chi connectivity index (χ2n) is 4.73. The zero-order chi connectivity index (χ0) is 15.4. The number of amides is 1. The number of benzene rings is 1. The highest BCUT2D eigenvalue weighted by atomic mass is 19.2. The predicted octanol–water partition coefficient (Wildman–Crippen LogP) is 1.94. The molecule has 1 aromatic carbocycles. The molecule has 0 fully saturated rings. The zero-order valence-corrected chi connectivity index (χ0v) is 11.5. The molecule has 0 radical (unpaired) electrons. The van der Waals surface area contributed by atoms with Crippen LogP contribution in [0.1, 0.15) is 28.0 Å². The molecule has 5 nitrogen and oxygen atoms in total. The van der Waals surface area contributed by atoms with Gasteiger partial charge < -0.3 is 11.1 Å². The van der Waals surface area contributed by atoms with Crippen molar-refractivity contribution in [2.24, 2.45) is 0 Å². The van der Waals surface area contributed by atoms with Gasteiger partial charge in [0.1, 0.15) is 0 Å². The second kappa shape index (κ2) is 6.34. The Bertz CT molecular complexity index is 654. The number of rotatable bonds is 5. The summed E-state index contributed by atoms with van der Waals surface area (Å²) in [4.78, 5) is 11.9. The van der Waals surface area contributed by atoms with Gasteiger partial charge in [-0.1, -0.05) is 0 Å². The molecule has 0 saturated carbocycles. The first-order valence-corrected chi connectivity index (χ1v) is 6.50. The van der Waals surface area contributed by atoms with Crippen LogP contribution in [-0.4, -0.2) is 22.6 Å². The molecule has 7 heteroatoms. The molecule has 0 atom stereocenters. The molecule has 0 bridgehead atoms. The Hall–Kier alpha value is -2.44. The Morgan fingerprint density at radius 3 is 2.76 bits per heavy atom. The van der Waals surface area contributed by atoms with Crippen molar-refractivity contribution in [1.82, 2.24) is 15.5 Å². The van der Waals surface area contributed by atoms with Gasteiger partial charge >= 0.3 is 0 Å². The number of aromatic amines is 1. The number of aryl methyl sites for hydroxylation is 2. The number of aromatic nitrogens is 2. The van der Waals surface area contributed by atoms with Crippen LogP contribution in [0, 0.1) is 18.6 Å². The summed E-state index contributed by atoms with van der Waals surface area (Å²) in [5, 5.41) is 9.37. The van der Waals surface area contributed by atoms with Crippen molar-refractivity contribution in [3.05, 3.63) is 46.8 Å². The Kier molecular flexibility index (Phi) is 4.52. The summed E-state index contributed by atoms with van der Waals surface area (Å²) in [5.74, 6) is -2.68. The van der Waals surface area contributed by atoms with Crippen LogP contribution in [-0.2, 0) is 6.42 Å². The molecule has 0 unspecified atom stereocenters. The number of carbonyl (C=O) groups excluding carboxylic acids is 1. The number of nitrogen functional groups attached to an aromatic ring is 1. The van der Waals surface area contributed by atoms with E-state index in [1.807, 2.05) is 6.92 Å². The summed E-state index contributed by atoms with van der Waals surface area (Å²) in [6.45, 7) is 2.32. The van der Waals surface area contributed by atoms with E-state index in [-0.39, 0.29) is 11.3 Å². The van der Waals surface area contributed by atoms with Gasteiger partial charge in [-0.25, -0.2) is 8.78 Å². The summed E-state index contributed by atoms with van der Waals surface area (Å²) in [6.07, 6.45) is 3.20. The number of nitrogens with one attached hydrogen (secondary N) is 2. The highest BCUT2D eigenvalue weighted by Crippen LogP contribution is 2.16. The molecular weight excluding hydrogens is 278 g/mol. The molecule has 2 rings (SSSR count).